The Bertz CT molecular complexity index is 1180. The Balaban J connectivity index is 1.20. The van der Waals surface area contributed by atoms with E-state index in [2.05, 4.69) is 20.3 Å². The van der Waals surface area contributed by atoms with Crippen molar-refractivity contribution < 1.29 is 18.0 Å². The zero-order chi connectivity index (χ0) is 23.2. The van der Waals surface area contributed by atoms with Crippen LogP contribution in [0.15, 0.2) is 30.5 Å². The van der Waals surface area contributed by atoms with E-state index in [1.54, 1.807) is 0 Å². The molecular formula is C23H23ClF3N5O. The molecule has 5 rings (SSSR count). The van der Waals surface area contributed by atoms with E-state index < -0.39 is 11.7 Å². The number of pyridine rings is 1. The molecule has 33 heavy (non-hydrogen) atoms. The summed E-state index contributed by atoms with van der Waals surface area (Å²) in [5.74, 6) is 1.57. The summed E-state index contributed by atoms with van der Waals surface area (Å²) < 4.78 is 38.5. The molecule has 0 atom stereocenters. The van der Waals surface area contributed by atoms with E-state index in [-0.39, 0.29) is 16.8 Å². The number of hydrogen-bond donors (Lipinski definition) is 2. The lowest BCUT2D eigenvalue weighted by atomic mass is 9.85. The molecular weight excluding hydrogens is 455 g/mol. The maximum absolute atomic E-state index is 12.8. The highest BCUT2D eigenvalue weighted by Crippen LogP contribution is 2.36. The van der Waals surface area contributed by atoms with Gasteiger partial charge in [-0.1, -0.05) is 18.0 Å². The van der Waals surface area contributed by atoms with E-state index in [9.17, 15) is 18.0 Å². The Morgan fingerprint density at radius 2 is 1.91 bits per heavy atom. The van der Waals surface area contributed by atoms with E-state index in [1.165, 1.54) is 6.42 Å². The number of rotatable bonds is 4. The van der Waals surface area contributed by atoms with Gasteiger partial charge < -0.3 is 15.2 Å². The van der Waals surface area contributed by atoms with Crippen LogP contribution in [0, 0.1) is 5.92 Å². The van der Waals surface area contributed by atoms with Crippen LogP contribution in [0.25, 0.3) is 11.0 Å². The highest BCUT2D eigenvalue weighted by molar-refractivity contribution is 6.33. The number of piperidine rings is 1. The standard InChI is InChI=1S/C23H23ClF3N5O/c24-17-10-15(23(25,26)27)12-28-21(17)32-8-6-14(7-9-32)22(33)29-16-4-5-18-19(11-16)31-20(30-18)13-2-1-3-13/h4-5,10-14H,1-3,6-9H2,(H,29,33)(H,30,31). The van der Waals surface area contributed by atoms with Gasteiger partial charge >= 0.3 is 6.18 Å². The molecule has 0 spiro atoms. The van der Waals surface area contributed by atoms with E-state index in [1.807, 2.05) is 23.1 Å². The Hall–Kier alpha value is -2.81. The number of nitrogens with zero attached hydrogens (tertiary/aromatic N) is 3. The first-order valence-corrected chi connectivity index (χ1v) is 11.4. The summed E-state index contributed by atoms with van der Waals surface area (Å²) in [6.45, 7) is 0.973. The third-order valence-corrected chi connectivity index (χ3v) is 6.85. The van der Waals surface area contributed by atoms with Crippen molar-refractivity contribution in [2.24, 2.45) is 5.92 Å². The SMILES string of the molecule is O=C(Nc1ccc2nc(C3CCC3)[nH]c2c1)C1CCN(c2ncc(C(F)(F)F)cc2Cl)CC1. The predicted octanol–water partition coefficient (Wildman–Crippen LogP) is 5.75. The summed E-state index contributed by atoms with van der Waals surface area (Å²) in [7, 11) is 0. The van der Waals surface area contributed by atoms with Gasteiger partial charge in [-0.15, -0.1) is 0 Å². The van der Waals surface area contributed by atoms with Gasteiger partial charge in [-0.05, 0) is 49.9 Å². The molecule has 10 heteroatoms. The van der Waals surface area contributed by atoms with Crippen LogP contribution in [-0.2, 0) is 11.0 Å². The smallest absolute Gasteiger partial charge is 0.355 e. The Labute approximate surface area is 193 Å². The van der Waals surface area contributed by atoms with E-state index in [0.29, 0.717) is 43.4 Å². The van der Waals surface area contributed by atoms with Gasteiger partial charge in [-0.25, -0.2) is 9.97 Å². The largest absolute Gasteiger partial charge is 0.417 e. The predicted molar refractivity (Wildman–Crippen MR) is 121 cm³/mol. The molecule has 0 bridgehead atoms. The normalized spacial score (nSPS) is 17.9. The molecule has 2 N–H and O–H groups in total. The molecule has 1 aliphatic heterocycles. The minimum absolute atomic E-state index is 0.0399. The summed E-state index contributed by atoms with van der Waals surface area (Å²) in [6, 6.07) is 6.56. The maximum Gasteiger partial charge on any atom is 0.417 e. The van der Waals surface area contributed by atoms with Crippen LogP contribution >= 0.6 is 11.6 Å². The van der Waals surface area contributed by atoms with Crippen molar-refractivity contribution in [2.75, 3.05) is 23.3 Å². The number of halogens is 4. The van der Waals surface area contributed by atoms with E-state index in [4.69, 9.17) is 11.6 Å². The molecule has 2 fully saturated rings. The number of amides is 1. The number of anilines is 2. The van der Waals surface area contributed by atoms with Crippen molar-refractivity contribution in [1.82, 2.24) is 15.0 Å². The molecule has 1 aromatic carbocycles. The first-order valence-electron chi connectivity index (χ1n) is 11.1. The fourth-order valence-electron chi connectivity index (χ4n) is 4.40. The quantitative estimate of drug-likeness (QED) is 0.501. The molecule has 174 valence electrons. The first-order chi connectivity index (χ1) is 15.8. The number of imidazole rings is 1. The lowest BCUT2D eigenvalue weighted by molar-refractivity contribution is -0.137. The summed E-state index contributed by atoms with van der Waals surface area (Å²) in [5, 5.41) is 2.95. The molecule has 6 nitrogen and oxygen atoms in total. The minimum atomic E-state index is -4.49. The minimum Gasteiger partial charge on any atom is -0.355 e. The number of nitrogens with one attached hydrogen (secondary N) is 2. The second-order valence-electron chi connectivity index (χ2n) is 8.76. The van der Waals surface area contributed by atoms with Crippen LogP contribution in [0.1, 0.15) is 49.4 Å². The highest BCUT2D eigenvalue weighted by Gasteiger charge is 2.33. The van der Waals surface area contributed by atoms with Crippen molar-refractivity contribution in [2.45, 2.75) is 44.2 Å². The van der Waals surface area contributed by atoms with Crippen LogP contribution in [0.4, 0.5) is 24.7 Å². The second kappa shape index (κ2) is 8.52. The lowest BCUT2D eigenvalue weighted by Gasteiger charge is -2.32. The number of H-pyrrole nitrogens is 1. The van der Waals surface area contributed by atoms with Gasteiger partial charge in [0.05, 0.1) is 21.6 Å². The molecule has 3 heterocycles. The number of alkyl halides is 3. The summed E-state index contributed by atoms with van der Waals surface area (Å²) in [4.78, 5) is 26.6. The van der Waals surface area contributed by atoms with Gasteiger partial charge in [0.2, 0.25) is 5.91 Å². The molecule has 1 aliphatic carbocycles. The molecule has 3 aromatic rings. The Kier molecular flexibility index (Phi) is 5.68. The zero-order valence-corrected chi connectivity index (χ0v) is 18.5. The van der Waals surface area contributed by atoms with Crippen molar-refractivity contribution in [1.29, 1.82) is 0 Å². The Morgan fingerprint density at radius 3 is 2.55 bits per heavy atom. The topological polar surface area (TPSA) is 73.9 Å². The molecule has 1 saturated carbocycles. The van der Waals surface area contributed by atoms with Crippen LogP contribution in [0.5, 0.6) is 0 Å². The lowest BCUT2D eigenvalue weighted by Crippen LogP contribution is -2.38. The average molecular weight is 478 g/mol. The third-order valence-electron chi connectivity index (χ3n) is 6.57. The van der Waals surface area contributed by atoms with E-state index in [0.717, 1.165) is 42.0 Å². The van der Waals surface area contributed by atoms with Crippen molar-refractivity contribution in [3.63, 3.8) is 0 Å². The van der Waals surface area contributed by atoms with Crippen LogP contribution in [-0.4, -0.2) is 33.9 Å². The molecule has 2 aliphatic rings. The van der Waals surface area contributed by atoms with Crippen molar-refractivity contribution >= 4 is 40.0 Å². The number of aromatic nitrogens is 3. The molecule has 0 unspecified atom stereocenters. The number of aromatic amines is 1. The van der Waals surface area contributed by atoms with Gasteiger partial charge in [0.15, 0.2) is 0 Å². The van der Waals surface area contributed by atoms with Gasteiger partial charge in [-0.2, -0.15) is 13.2 Å². The summed E-state index contributed by atoms with van der Waals surface area (Å²) >= 11 is 6.07. The van der Waals surface area contributed by atoms with Gasteiger partial charge in [0, 0.05) is 36.8 Å². The molecule has 2 aromatic heterocycles. The summed E-state index contributed by atoms with van der Waals surface area (Å²) in [6.07, 6.45) is 0.986. The van der Waals surface area contributed by atoms with Gasteiger partial charge in [-0.3, -0.25) is 4.79 Å². The number of fused-ring (bicyclic) bond motifs is 1. The second-order valence-corrected chi connectivity index (χ2v) is 9.17. The fourth-order valence-corrected chi connectivity index (χ4v) is 4.68. The van der Waals surface area contributed by atoms with Crippen LogP contribution in [0.3, 0.4) is 0 Å². The van der Waals surface area contributed by atoms with Gasteiger partial charge in [0.25, 0.3) is 0 Å². The van der Waals surface area contributed by atoms with Crippen LogP contribution in [0.2, 0.25) is 5.02 Å². The van der Waals surface area contributed by atoms with Gasteiger partial charge in [0.1, 0.15) is 11.6 Å². The fraction of sp³-hybridized carbons (Fsp3) is 0.435. The Morgan fingerprint density at radius 1 is 1.15 bits per heavy atom. The zero-order valence-electron chi connectivity index (χ0n) is 17.8. The molecule has 0 radical (unpaired) electrons. The maximum atomic E-state index is 12.8. The number of carbonyl (C=O) groups is 1. The van der Waals surface area contributed by atoms with E-state index >= 15 is 0 Å². The van der Waals surface area contributed by atoms with Crippen LogP contribution < -0.4 is 10.2 Å². The van der Waals surface area contributed by atoms with Crippen molar-refractivity contribution in [3.8, 4) is 0 Å². The third kappa shape index (κ3) is 4.51. The number of benzene rings is 1. The monoisotopic (exact) mass is 477 g/mol. The first kappa shape index (κ1) is 22.0. The molecule has 1 amide bonds. The summed E-state index contributed by atoms with van der Waals surface area (Å²) in [5.41, 5.74) is 1.64. The van der Waals surface area contributed by atoms with Crippen molar-refractivity contribution in [3.05, 3.63) is 46.9 Å². The number of carbonyl (C=O) groups excluding carboxylic acids is 1. The number of hydrogen-bond acceptors (Lipinski definition) is 4. The average Bonchev–Trinajstić information content (AvgIpc) is 3.14. The highest BCUT2D eigenvalue weighted by atomic mass is 35.5. The molecule has 1 saturated heterocycles.